The molecular weight excluding hydrogens is 249 g/mol. The van der Waals surface area contributed by atoms with Crippen LogP contribution in [0.5, 0.6) is 0 Å². The van der Waals surface area contributed by atoms with Gasteiger partial charge in [0.2, 0.25) is 0 Å². The summed E-state index contributed by atoms with van der Waals surface area (Å²) in [4.78, 5) is 0. The molecule has 1 aliphatic carbocycles. The molecule has 2 N–H and O–H groups in total. The monoisotopic (exact) mass is 269 g/mol. The van der Waals surface area contributed by atoms with Gasteiger partial charge >= 0.3 is 0 Å². The summed E-state index contributed by atoms with van der Waals surface area (Å²) in [6.45, 7) is 0. The first-order valence-corrected chi connectivity index (χ1v) is 7.25. The predicted octanol–water partition coefficient (Wildman–Crippen LogP) is 4.84. The van der Waals surface area contributed by atoms with Gasteiger partial charge in [-0.05, 0) is 24.5 Å². The highest BCUT2D eigenvalue weighted by Crippen LogP contribution is 2.31. The second kappa shape index (κ2) is 6.53. The molecule has 0 spiro atoms. The van der Waals surface area contributed by atoms with E-state index in [1.165, 1.54) is 44.6 Å². The zero-order valence-corrected chi connectivity index (χ0v) is 11.4. The summed E-state index contributed by atoms with van der Waals surface area (Å²) in [6, 6.07) is 4.58. The first kappa shape index (κ1) is 13.8. The van der Waals surface area contributed by atoms with Gasteiger partial charge in [-0.1, -0.05) is 56.2 Å². The third-order valence-electron chi connectivity index (χ3n) is 3.92. The second-order valence-electron chi connectivity index (χ2n) is 5.37. The van der Waals surface area contributed by atoms with E-state index in [4.69, 9.17) is 17.3 Å². The van der Waals surface area contributed by atoms with Crippen LogP contribution in [0, 0.1) is 11.7 Å². The third kappa shape index (κ3) is 3.69. The van der Waals surface area contributed by atoms with Crippen molar-refractivity contribution in [2.75, 3.05) is 0 Å². The van der Waals surface area contributed by atoms with E-state index < -0.39 is 0 Å². The molecule has 0 aromatic heterocycles. The van der Waals surface area contributed by atoms with Crippen LogP contribution in [0.15, 0.2) is 18.2 Å². The maximum absolute atomic E-state index is 13.8. The summed E-state index contributed by atoms with van der Waals surface area (Å²) in [5.74, 6) is 0.376. The van der Waals surface area contributed by atoms with Crippen molar-refractivity contribution in [2.45, 2.75) is 51.0 Å². The fraction of sp³-hybridized carbons (Fsp3) is 0.600. The maximum atomic E-state index is 13.8. The molecule has 1 atom stereocenters. The summed E-state index contributed by atoms with van der Waals surface area (Å²) < 4.78 is 13.8. The van der Waals surface area contributed by atoms with Crippen LogP contribution in [0.4, 0.5) is 4.39 Å². The van der Waals surface area contributed by atoms with E-state index >= 15 is 0 Å². The zero-order chi connectivity index (χ0) is 13.0. The van der Waals surface area contributed by atoms with Crippen molar-refractivity contribution in [3.63, 3.8) is 0 Å². The number of halogens is 2. The molecule has 0 radical (unpaired) electrons. The SMILES string of the molecule is NC(CC1CCCCCC1)c1ccc(Cl)cc1F. The molecule has 3 heteroatoms. The van der Waals surface area contributed by atoms with E-state index in [0.717, 1.165) is 6.42 Å². The molecule has 1 aliphatic rings. The topological polar surface area (TPSA) is 26.0 Å². The molecule has 2 rings (SSSR count). The maximum Gasteiger partial charge on any atom is 0.129 e. The number of nitrogens with two attached hydrogens (primary N) is 1. The quantitative estimate of drug-likeness (QED) is 0.781. The van der Waals surface area contributed by atoms with Gasteiger partial charge in [0.15, 0.2) is 0 Å². The van der Waals surface area contributed by atoms with Gasteiger partial charge in [0.25, 0.3) is 0 Å². The molecule has 0 aliphatic heterocycles. The van der Waals surface area contributed by atoms with Crippen LogP contribution < -0.4 is 5.73 Å². The van der Waals surface area contributed by atoms with Gasteiger partial charge in [-0.2, -0.15) is 0 Å². The molecule has 100 valence electrons. The molecule has 1 aromatic rings. The molecule has 1 saturated carbocycles. The Bertz CT molecular complexity index is 386. The van der Waals surface area contributed by atoms with Gasteiger partial charge in [0.1, 0.15) is 5.82 Å². The minimum atomic E-state index is -0.274. The summed E-state index contributed by atoms with van der Waals surface area (Å²) >= 11 is 5.75. The zero-order valence-electron chi connectivity index (χ0n) is 10.7. The normalized spacial score (nSPS) is 19.5. The van der Waals surface area contributed by atoms with Crippen molar-refractivity contribution in [3.8, 4) is 0 Å². The second-order valence-corrected chi connectivity index (χ2v) is 5.80. The number of benzene rings is 1. The Hall–Kier alpha value is -0.600. The van der Waals surface area contributed by atoms with Crippen LogP contribution in [0.1, 0.15) is 56.6 Å². The Morgan fingerprint density at radius 2 is 1.89 bits per heavy atom. The van der Waals surface area contributed by atoms with Gasteiger partial charge in [0, 0.05) is 16.6 Å². The summed E-state index contributed by atoms with van der Waals surface area (Å²) in [6.07, 6.45) is 8.62. The molecule has 0 amide bonds. The average molecular weight is 270 g/mol. The Kier molecular flexibility index (Phi) is 5.02. The van der Waals surface area contributed by atoms with Gasteiger partial charge in [-0.3, -0.25) is 0 Å². The summed E-state index contributed by atoms with van der Waals surface area (Å²) in [7, 11) is 0. The molecule has 1 unspecified atom stereocenters. The lowest BCUT2D eigenvalue weighted by atomic mass is 9.90. The summed E-state index contributed by atoms with van der Waals surface area (Å²) in [5.41, 5.74) is 6.75. The van der Waals surface area contributed by atoms with E-state index in [1.807, 2.05) is 0 Å². The van der Waals surface area contributed by atoms with Gasteiger partial charge in [0.05, 0.1) is 0 Å². The van der Waals surface area contributed by atoms with Gasteiger partial charge in [-0.15, -0.1) is 0 Å². The van der Waals surface area contributed by atoms with E-state index in [-0.39, 0.29) is 11.9 Å². The van der Waals surface area contributed by atoms with Gasteiger partial charge < -0.3 is 5.73 Å². The minimum absolute atomic E-state index is 0.203. The standard InChI is InChI=1S/C15H21ClFN/c16-12-7-8-13(14(17)10-12)15(18)9-11-5-3-1-2-4-6-11/h7-8,10-11,15H,1-6,9,18H2. The Balaban J connectivity index is 1.99. The van der Waals surface area contributed by atoms with Crippen molar-refractivity contribution >= 4 is 11.6 Å². The Morgan fingerprint density at radius 1 is 1.22 bits per heavy atom. The van der Waals surface area contributed by atoms with Crippen molar-refractivity contribution in [1.29, 1.82) is 0 Å². The first-order valence-electron chi connectivity index (χ1n) is 6.87. The molecular formula is C15H21ClFN. The molecule has 0 bridgehead atoms. The highest BCUT2D eigenvalue weighted by Gasteiger charge is 2.19. The van der Waals surface area contributed by atoms with E-state index in [0.29, 0.717) is 16.5 Å². The number of hydrogen-bond donors (Lipinski definition) is 1. The highest BCUT2D eigenvalue weighted by atomic mass is 35.5. The minimum Gasteiger partial charge on any atom is -0.324 e. The van der Waals surface area contributed by atoms with Crippen molar-refractivity contribution in [2.24, 2.45) is 11.7 Å². The number of rotatable bonds is 3. The van der Waals surface area contributed by atoms with Crippen LogP contribution in [-0.4, -0.2) is 0 Å². The van der Waals surface area contributed by atoms with Crippen LogP contribution in [0.25, 0.3) is 0 Å². The fourth-order valence-electron chi connectivity index (χ4n) is 2.89. The molecule has 0 heterocycles. The van der Waals surface area contributed by atoms with Crippen molar-refractivity contribution < 1.29 is 4.39 Å². The van der Waals surface area contributed by atoms with Gasteiger partial charge in [-0.25, -0.2) is 4.39 Å². The van der Waals surface area contributed by atoms with Crippen LogP contribution in [-0.2, 0) is 0 Å². The lowest BCUT2D eigenvalue weighted by molar-refractivity contribution is 0.387. The van der Waals surface area contributed by atoms with Crippen molar-refractivity contribution in [3.05, 3.63) is 34.6 Å². The number of hydrogen-bond acceptors (Lipinski definition) is 1. The van der Waals surface area contributed by atoms with E-state index in [1.54, 1.807) is 12.1 Å². The third-order valence-corrected chi connectivity index (χ3v) is 4.16. The van der Waals surface area contributed by atoms with Crippen molar-refractivity contribution in [1.82, 2.24) is 0 Å². The van der Waals surface area contributed by atoms with Crippen LogP contribution >= 0.6 is 11.6 Å². The lowest BCUT2D eigenvalue weighted by Crippen LogP contribution is -2.16. The fourth-order valence-corrected chi connectivity index (χ4v) is 3.05. The predicted molar refractivity (Wildman–Crippen MR) is 74.1 cm³/mol. The molecule has 1 nitrogen and oxygen atoms in total. The van der Waals surface area contributed by atoms with Crippen LogP contribution in [0.3, 0.4) is 0 Å². The summed E-state index contributed by atoms with van der Waals surface area (Å²) in [5, 5.41) is 0.429. The lowest BCUT2D eigenvalue weighted by Gasteiger charge is -2.20. The van der Waals surface area contributed by atoms with Crippen LogP contribution in [0.2, 0.25) is 5.02 Å². The highest BCUT2D eigenvalue weighted by molar-refractivity contribution is 6.30. The Labute approximate surface area is 114 Å². The smallest absolute Gasteiger partial charge is 0.129 e. The molecule has 1 aromatic carbocycles. The largest absolute Gasteiger partial charge is 0.324 e. The van der Waals surface area contributed by atoms with E-state index in [2.05, 4.69) is 0 Å². The van der Waals surface area contributed by atoms with E-state index in [9.17, 15) is 4.39 Å². The first-order chi connectivity index (χ1) is 8.66. The molecule has 0 saturated heterocycles. The molecule has 1 fully saturated rings. The Morgan fingerprint density at radius 3 is 2.50 bits per heavy atom. The molecule has 18 heavy (non-hydrogen) atoms. The average Bonchev–Trinajstić information content (AvgIpc) is 2.57.